The Morgan fingerprint density at radius 2 is 1.47 bits per heavy atom. The van der Waals surface area contributed by atoms with Gasteiger partial charge in [0.25, 0.3) is 0 Å². The molecule has 0 bridgehead atoms. The summed E-state index contributed by atoms with van der Waals surface area (Å²) in [4.78, 5) is 0. The van der Waals surface area contributed by atoms with Crippen molar-refractivity contribution >= 4 is 14.6 Å². The maximum Gasteiger partial charge on any atom is 0.627 e. The van der Waals surface area contributed by atoms with Gasteiger partial charge in [0, 0.05) is 0 Å². The molecular formula is C6H12B2O7. The molecular weight excluding hydrogens is 206 g/mol. The second-order valence-electron chi connectivity index (χ2n) is 3.26. The highest BCUT2D eigenvalue weighted by Crippen LogP contribution is 2.14. The van der Waals surface area contributed by atoms with Crippen LogP contribution in [-0.2, 0) is 23.2 Å². The molecule has 0 aromatic heterocycles. The Morgan fingerprint density at radius 1 is 1.00 bits per heavy atom. The van der Waals surface area contributed by atoms with Crippen LogP contribution in [0.2, 0.25) is 0 Å². The first-order valence-corrected chi connectivity index (χ1v) is 4.73. The minimum Gasteiger partial charge on any atom is -0.399 e. The minimum atomic E-state index is -0.885. The largest absolute Gasteiger partial charge is 0.627 e. The van der Waals surface area contributed by atoms with Gasteiger partial charge in [-0.3, -0.25) is 0 Å². The van der Waals surface area contributed by atoms with E-state index in [1.165, 1.54) is 0 Å². The first kappa shape index (κ1) is 11.3. The van der Waals surface area contributed by atoms with Crippen LogP contribution in [0, 0.1) is 0 Å². The fourth-order valence-corrected chi connectivity index (χ4v) is 1.27. The second kappa shape index (κ2) is 5.26. The number of hydrogen-bond acceptors (Lipinski definition) is 7. The molecule has 2 heterocycles. The van der Waals surface area contributed by atoms with Gasteiger partial charge in [-0.25, -0.2) is 0 Å². The fraction of sp³-hybridized carbons (Fsp3) is 1.00. The molecule has 0 unspecified atom stereocenters. The number of rotatable bonds is 4. The summed E-state index contributed by atoms with van der Waals surface area (Å²) in [5, 5.41) is 17.5. The lowest BCUT2D eigenvalue weighted by molar-refractivity contribution is 0.111. The van der Waals surface area contributed by atoms with Crippen LogP contribution in [0.15, 0.2) is 0 Å². The molecule has 2 aliphatic rings. The van der Waals surface area contributed by atoms with E-state index in [0.717, 1.165) is 0 Å². The van der Waals surface area contributed by atoms with E-state index in [9.17, 15) is 0 Å². The molecule has 2 fully saturated rings. The van der Waals surface area contributed by atoms with Gasteiger partial charge in [-0.2, -0.15) is 0 Å². The lowest BCUT2D eigenvalue weighted by atomic mass is 10.1. The molecule has 2 N–H and O–H groups in total. The monoisotopic (exact) mass is 218 g/mol. The van der Waals surface area contributed by atoms with Crippen LogP contribution in [0.5, 0.6) is 0 Å². The molecule has 0 aromatic carbocycles. The standard InChI is InChI=1S/C6H12B2O7/c9-1-5-3-11-7(13-5)15-8-12-4-6(2-10)14-8/h5-6,9-10H,1-4H2/t5-,6+. The molecule has 2 atom stereocenters. The van der Waals surface area contributed by atoms with Crippen LogP contribution in [0.1, 0.15) is 0 Å². The molecule has 0 aliphatic carbocycles. The number of hydrogen-bond donors (Lipinski definition) is 2. The first-order chi connectivity index (χ1) is 7.31. The molecule has 15 heavy (non-hydrogen) atoms. The smallest absolute Gasteiger partial charge is 0.399 e. The van der Waals surface area contributed by atoms with E-state index >= 15 is 0 Å². The lowest BCUT2D eigenvalue weighted by Gasteiger charge is -2.09. The van der Waals surface area contributed by atoms with Crippen molar-refractivity contribution in [3.05, 3.63) is 0 Å². The highest BCUT2D eigenvalue weighted by Gasteiger charge is 2.42. The van der Waals surface area contributed by atoms with Crippen molar-refractivity contribution < 1.29 is 33.4 Å². The van der Waals surface area contributed by atoms with Crippen molar-refractivity contribution in [1.82, 2.24) is 0 Å². The van der Waals surface area contributed by atoms with E-state index < -0.39 is 14.6 Å². The zero-order valence-corrected chi connectivity index (χ0v) is 8.07. The third-order valence-electron chi connectivity index (χ3n) is 2.07. The molecule has 2 aliphatic heterocycles. The Hall–Kier alpha value is -0.150. The van der Waals surface area contributed by atoms with Crippen molar-refractivity contribution in [3.63, 3.8) is 0 Å². The summed E-state index contributed by atoms with van der Waals surface area (Å²) in [6.45, 7) is 0.311. The third kappa shape index (κ3) is 2.91. The average Bonchev–Trinajstić information content (AvgIpc) is 2.87. The maximum atomic E-state index is 8.77. The van der Waals surface area contributed by atoms with Crippen LogP contribution in [0.25, 0.3) is 0 Å². The molecule has 2 rings (SSSR count). The Labute approximate surface area is 87.6 Å². The summed E-state index contributed by atoms with van der Waals surface area (Å²) in [5.74, 6) is 0. The summed E-state index contributed by atoms with van der Waals surface area (Å²) < 4.78 is 25.5. The number of aliphatic hydroxyl groups is 2. The zero-order chi connectivity index (χ0) is 10.7. The molecule has 0 spiro atoms. The first-order valence-electron chi connectivity index (χ1n) is 4.73. The summed E-state index contributed by atoms with van der Waals surface area (Å²) >= 11 is 0. The van der Waals surface area contributed by atoms with Crippen molar-refractivity contribution in [3.8, 4) is 0 Å². The van der Waals surface area contributed by atoms with Crippen LogP contribution in [0.4, 0.5) is 0 Å². The van der Waals surface area contributed by atoms with E-state index in [4.69, 9.17) is 33.4 Å². The lowest BCUT2D eigenvalue weighted by Crippen LogP contribution is -2.33. The Bertz CT molecular complexity index is 186. The van der Waals surface area contributed by atoms with E-state index in [1.807, 2.05) is 0 Å². The van der Waals surface area contributed by atoms with E-state index in [-0.39, 0.29) is 38.6 Å². The molecule has 0 radical (unpaired) electrons. The van der Waals surface area contributed by atoms with E-state index in [0.29, 0.717) is 0 Å². The van der Waals surface area contributed by atoms with Crippen LogP contribution in [0.3, 0.4) is 0 Å². The van der Waals surface area contributed by atoms with Crippen molar-refractivity contribution in [2.24, 2.45) is 0 Å². The van der Waals surface area contributed by atoms with Gasteiger partial charge in [-0.15, -0.1) is 0 Å². The molecule has 2 saturated heterocycles. The average molecular weight is 218 g/mol. The van der Waals surface area contributed by atoms with Gasteiger partial charge in [0.2, 0.25) is 0 Å². The van der Waals surface area contributed by atoms with E-state index in [1.54, 1.807) is 0 Å². The van der Waals surface area contributed by atoms with Gasteiger partial charge in [-0.05, 0) is 0 Å². The Kier molecular flexibility index (Phi) is 3.98. The Balaban J connectivity index is 1.70. The van der Waals surface area contributed by atoms with E-state index in [2.05, 4.69) is 0 Å². The van der Waals surface area contributed by atoms with Gasteiger partial charge in [0.1, 0.15) is 0 Å². The summed E-state index contributed by atoms with van der Waals surface area (Å²) in [5.41, 5.74) is 0. The molecule has 7 nitrogen and oxygen atoms in total. The summed E-state index contributed by atoms with van der Waals surface area (Å²) in [6, 6.07) is 0. The normalized spacial score (nSPS) is 31.6. The van der Waals surface area contributed by atoms with Gasteiger partial charge < -0.3 is 33.4 Å². The quantitative estimate of drug-likeness (QED) is 0.517. The highest BCUT2D eigenvalue weighted by atomic mass is 16.8. The Morgan fingerprint density at radius 3 is 1.80 bits per heavy atom. The second-order valence-corrected chi connectivity index (χ2v) is 3.26. The maximum absolute atomic E-state index is 8.77. The topological polar surface area (TPSA) is 86.6 Å². The van der Waals surface area contributed by atoms with Gasteiger partial charge in [0.05, 0.1) is 38.6 Å². The molecule has 0 amide bonds. The van der Waals surface area contributed by atoms with Crippen LogP contribution in [-0.4, -0.2) is 63.5 Å². The molecule has 0 saturated carbocycles. The summed E-state index contributed by atoms with van der Waals surface area (Å²) in [6.07, 6.45) is -0.741. The minimum absolute atomic E-state index is 0.120. The van der Waals surface area contributed by atoms with Gasteiger partial charge >= 0.3 is 14.6 Å². The summed E-state index contributed by atoms with van der Waals surface area (Å²) in [7, 11) is -1.77. The molecule has 84 valence electrons. The predicted molar refractivity (Wildman–Crippen MR) is 48.4 cm³/mol. The molecule has 9 heteroatoms. The third-order valence-corrected chi connectivity index (χ3v) is 2.07. The van der Waals surface area contributed by atoms with Crippen LogP contribution < -0.4 is 0 Å². The van der Waals surface area contributed by atoms with Crippen molar-refractivity contribution in [2.75, 3.05) is 26.4 Å². The predicted octanol–water partition coefficient (Wildman–Crippen LogP) is -2.21. The SMILES string of the molecule is OC[C@@H]1COB(OB2OC[C@H](CO)O2)O1. The van der Waals surface area contributed by atoms with Crippen molar-refractivity contribution in [1.29, 1.82) is 0 Å². The van der Waals surface area contributed by atoms with Gasteiger partial charge in [-0.1, -0.05) is 0 Å². The molecule has 0 aromatic rings. The zero-order valence-electron chi connectivity index (χ0n) is 8.07. The highest BCUT2D eigenvalue weighted by molar-refractivity contribution is 6.52. The van der Waals surface area contributed by atoms with Crippen molar-refractivity contribution in [2.45, 2.75) is 12.2 Å². The number of aliphatic hydroxyl groups excluding tert-OH is 2. The fourth-order valence-electron chi connectivity index (χ4n) is 1.27. The van der Waals surface area contributed by atoms with Crippen LogP contribution >= 0.6 is 0 Å². The van der Waals surface area contributed by atoms with Gasteiger partial charge in [0.15, 0.2) is 0 Å².